The predicted molar refractivity (Wildman–Crippen MR) is 27.2 cm³/mol. The molecule has 0 saturated heterocycles. The zero-order valence-electron chi connectivity index (χ0n) is 4.52. The summed E-state index contributed by atoms with van der Waals surface area (Å²) in [6, 6.07) is 0. The Morgan fingerprint density at radius 1 is 1.50 bits per heavy atom. The van der Waals surface area contributed by atoms with Crippen molar-refractivity contribution in [1.82, 2.24) is 4.90 Å². The molecule has 6 heavy (non-hydrogen) atoms. The van der Waals surface area contributed by atoms with Gasteiger partial charge in [0.25, 0.3) is 0 Å². The maximum absolute atomic E-state index is 2.92. The minimum Gasteiger partial charge on any atom is -0.376 e. The topological polar surface area (TPSA) is 3.24 Å². The largest absolute Gasteiger partial charge is 0.376 e. The molecule has 0 rings (SSSR count). The normalized spacial score (nSPS) is 9.83. The molecule has 0 N–H and O–H groups in total. The summed E-state index contributed by atoms with van der Waals surface area (Å²) in [6.45, 7) is 1.94. The average Bonchev–Trinajstić information content (AvgIpc) is 1.35. The predicted octanol–water partition coefficient (Wildman–Crippen LogP) is 0.885. The number of nitrogens with zero attached hydrogens (tertiary/aromatic N) is 1. The molecule has 0 heterocycles. The van der Waals surface area contributed by atoms with E-state index >= 15 is 0 Å². The van der Waals surface area contributed by atoms with Gasteiger partial charge in [-0.1, -0.05) is 6.08 Å². The molecular formula is C5H10N. The smallest absolute Gasteiger partial charge is 0.0551 e. The zero-order chi connectivity index (χ0) is 4.99. The van der Waals surface area contributed by atoms with Crippen molar-refractivity contribution < 1.29 is 0 Å². The highest BCUT2D eigenvalue weighted by Crippen LogP contribution is 1.69. The average molecular weight is 84.1 g/mol. The summed E-state index contributed by atoms with van der Waals surface area (Å²) in [7, 11) is 3.89. The van der Waals surface area contributed by atoms with Crippen molar-refractivity contribution in [3.63, 3.8) is 0 Å². The molecule has 0 bridgehead atoms. The van der Waals surface area contributed by atoms with Crippen LogP contribution in [0.15, 0.2) is 6.08 Å². The first kappa shape index (κ1) is 5.54. The van der Waals surface area contributed by atoms with E-state index in [9.17, 15) is 0 Å². The number of allylic oxidation sites excluding steroid dienone is 1. The Morgan fingerprint density at radius 3 is 2.00 bits per heavy atom. The van der Waals surface area contributed by atoms with Gasteiger partial charge in [-0.15, -0.1) is 0 Å². The molecule has 1 radical (unpaired) electrons. The first-order chi connectivity index (χ1) is 2.77. The van der Waals surface area contributed by atoms with E-state index in [0.717, 1.165) is 0 Å². The minimum absolute atomic E-state index is 1.88. The van der Waals surface area contributed by atoms with Crippen LogP contribution >= 0.6 is 0 Å². The summed E-state index contributed by atoms with van der Waals surface area (Å²) < 4.78 is 0. The van der Waals surface area contributed by atoms with E-state index in [-0.39, 0.29) is 0 Å². The molecule has 0 aliphatic heterocycles. The molecule has 0 aromatic heterocycles. The van der Waals surface area contributed by atoms with Crippen LogP contribution in [0.2, 0.25) is 0 Å². The lowest BCUT2D eigenvalue weighted by Crippen LogP contribution is -2.00. The summed E-state index contributed by atoms with van der Waals surface area (Å²) in [5.74, 6) is 0. The Balaban J connectivity index is 3.03. The molecule has 0 aromatic rings. The Bertz CT molecular complexity index is 45.9. The summed E-state index contributed by atoms with van der Waals surface area (Å²) in [4.78, 5) is 1.88. The fourth-order valence-corrected chi connectivity index (χ4v) is 0.258. The summed E-state index contributed by atoms with van der Waals surface area (Å²) >= 11 is 0. The highest BCUT2D eigenvalue weighted by Gasteiger charge is 1.67. The highest BCUT2D eigenvalue weighted by atomic mass is 15.0. The van der Waals surface area contributed by atoms with Gasteiger partial charge in [0, 0.05) is 14.1 Å². The lowest BCUT2D eigenvalue weighted by Gasteiger charge is -1.98. The van der Waals surface area contributed by atoms with E-state index in [2.05, 4.69) is 6.20 Å². The van der Waals surface area contributed by atoms with Crippen LogP contribution in [0, 0.1) is 6.20 Å². The zero-order valence-corrected chi connectivity index (χ0v) is 4.52. The van der Waals surface area contributed by atoms with Gasteiger partial charge < -0.3 is 4.90 Å². The van der Waals surface area contributed by atoms with Gasteiger partial charge >= 0.3 is 0 Å². The summed E-state index contributed by atoms with van der Waals surface area (Å²) in [6.07, 6.45) is 4.79. The van der Waals surface area contributed by atoms with Crippen molar-refractivity contribution in [2.45, 2.75) is 6.92 Å². The maximum Gasteiger partial charge on any atom is 0.0551 e. The molecule has 0 aliphatic rings. The van der Waals surface area contributed by atoms with E-state index in [0.29, 0.717) is 0 Å². The Labute approximate surface area is 39.3 Å². The Hall–Kier alpha value is -0.460. The summed E-state index contributed by atoms with van der Waals surface area (Å²) in [5, 5.41) is 0. The van der Waals surface area contributed by atoms with Gasteiger partial charge in [0.15, 0.2) is 0 Å². The highest BCUT2D eigenvalue weighted by molar-refractivity contribution is 4.62. The van der Waals surface area contributed by atoms with E-state index in [4.69, 9.17) is 0 Å². The first-order valence-corrected chi connectivity index (χ1v) is 1.98. The van der Waals surface area contributed by atoms with E-state index in [1.807, 2.05) is 32.0 Å². The van der Waals surface area contributed by atoms with Gasteiger partial charge in [-0.25, -0.2) is 0 Å². The van der Waals surface area contributed by atoms with Gasteiger partial charge in [-0.3, -0.25) is 0 Å². The van der Waals surface area contributed by atoms with Crippen molar-refractivity contribution in [2.24, 2.45) is 0 Å². The van der Waals surface area contributed by atoms with Crippen LogP contribution in [-0.2, 0) is 0 Å². The lowest BCUT2D eigenvalue weighted by atomic mass is 10.7. The number of rotatable bonds is 1. The van der Waals surface area contributed by atoms with Crippen LogP contribution in [0.3, 0.4) is 0 Å². The van der Waals surface area contributed by atoms with Crippen molar-refractivity contribution >= 4 is 0 Å². The lowest BCUT2D eigenvalue weighted by molar-refractivity contribution is 0.538. The molecule has 35 valence electrons. The fraction of sp³-hybridized carbons (Fsp3) is 0.600. The summed E-state index contributed by atoms with van der Waals surface area (Å²) in [5.41, 5.74) is 0. The quantitative estimate of drug-likeness (QED) is 0.426. The van der Waals surface area contributed by atoms with Gasteiger partial charge in [-0.05, 0) is 6.92 Å². The van der Waals surface area contributed by atoms with Crippen molar-refractivity contribution in [1.29, 1.82) is 0 Å². The molecule has 1 nitrogen and oxygen atoms in total. The number of hydrogen-bond donors (Lipinski definition) is 0. The van der Waals surface area contributed by atoms with Crippen LogP contribution in [0.5, 0.6) is 0 Å². The standard InChI is InChI=1S/C5H10N/c1-4-5-6(2)3/h4H,1-3H3. The second kappa shape index (κ2) is 2.76. The molecule has 0 fully saturated rings. The molecule has 1 heteroatoms. The SMILES string of the molecule is C/C=[C]/N(C)C. The third kappa shape index (κ3) is 3.54. The van der Waals surface area contributed by atoms with Crippen LogP contribution in [-0.4, -0.2) is 19.0 Å². The molecule has 0 atom stereocenters. The molecule has 0 amide bonds. The van der Waals surface area contributed by atoms with Gasteiger partial charge in [0.05, 0.1) is 6.20 Å². The molecular weight excluding hydrogens is 74.1 g/mol. The van der Waals surface area contributed by atoms with Gasteiger partial charge in [0.2, 0.25) is 0 Å². The van der Waals surface area contributed by atoms with Crippen LogP contribution < -0.4 is 0 Å². The van der Waals surface area contributed by atoms with E-state index in [1.165, 1.54) is 0 Å². The van der Waals surface area contributed by atoms with Crippen molar-refractivity contribution in [2.75, 3.05) is 14.1 Å². The molecule has 0 aromatic carbocycles. The monoisotopic (exact) mass is 84.1 g/mol. The fourth-order valence-electron chi connectivity index (χ4n) is 0.258. The van der Waals surface area contributed by atoms with Crippen molar-refractivity contribution in [3.8, 4) is 0 Å². The molecule has 0 unspecified atom stereocenters. The second-order valence-electron chi connectivity index (χ2n) is 1.31. The maximum atomic E-state index is 2.92. The van der Waals surface area contributed by atoms with E-state index in [1.54, 1.807) is 0 Å². The van der Waals surface area contributed by atoms with Crippen molar-refractivity contribution in [3.05, 3.63) is 12.3 Å². The third-order valence-corrected chi connectivity index (χ3v) is 0.387. The van der Waals surface area contributed by atoms with Gasteiger partial charge in [-0.2, -0.15) is 0 Å². The minimum atomic E-state index is 1.88. The van der Waals surface area contributed by atoms with Gasteiger partial charge in [0.1, 0.15) is 0 Å². The number of hydrogen-bond acceptors (Lipinski definition) is 1. The molecule has 0 aliphatic carbocycles. The molecule has 0 saturated carbocycles. The van der Waals surface area contributed by atoms with Crippen LogP contribution in [0.4, 0.5) is 0 Å². The van der Waals surface area contributed by atoms with Crippen LogP contribution in [0.1, 0.15) is 6.92 Å². The molecule has 0 spiro atoms. The Kier molecular flexibility index (Phi) is 2.55. The Morgan fingerprint density at radius 2 is 2.00 bits per heavy atom. The van der Waals surface area contributed by atoms with E-state index < -0.39 is 0 Å². The first-order valence-electron chi connectivity index (χ1n) is 1.98. The van der Waals surface area contributed by atoms with Crippen LogP contribution in [0.25, 0.3) is 0 Å². The third-order valence-electron chi connectivity index (χ3n) is 0.387. The second-order valence-corrected chi connectivity index (χ2v) is 1.31.